The van der Waals surface area contributed by atoms with Crippen LogP contribution >= 0.6 is 0 Å². The largest absolute Gasteiger partial charge is 0.382 e. The summed E-state index contributed by atoms with van der Waals surface area (Å²) >= 11 is 0. The van der Waals surface area contributed by atoms with Crippen LogP contribution in [0.1, 0.15) is 26.7 Å². The summed E-state index contributed by atoms with van der Waals surface area (Å²) in [5.74, 6) is 0.883. The third-order valence-corrected chi connectivity index (χ3v) is 3.77. The van der Waals surface area contributed by atoms with E-state index in [-0.39, 0.29) is 11.8 Å². The van der Waals surface area contributed by atoms with Gasteiger partial charge in [0, 0.05) is 39.1 Å². The number of rotatable bonds is 12. The van der Waals surface area contributed by atoms with Crippen LogP contribution in [-0.2, 0) is 19.3 Å². The fourth-order valence-corrected chi connectivity index (χ4v) is 2.40. The third kappa shape index (κ3) is 14.1. The van der Waals surface area contributed by atoms with Gasteiger partial charge in [0.05, 0.1) is 19.0 Å². The second kappa shape index (κ2) is 12.7. The van der Waals surface area contributed by atoms with E-state index in [1.54, 1.807) is 7.11 Å². The molecule has 22 heavy (non-hydrogen) atoms. The average Bonchev–Trinajstić information content (AvgIpc) is 2.43. The molecule has 0 aromatic heterocycles. The van der Waals surface area contributed by atoms with E-state index in [4.69, 9.17) is 9.47 Å². The van der Waals surface area contributed by atoms with E-state index < -0.39 is 9.84 Å². The Morgan fingerprint density at radius 1 is 1.27 bits per heavy atom. The quantitative estimate of drug-likeness (QED) is 0.305. The Balaban J connectivity index is 4.04. The van der Waals surface area contributed by atoms with Gasteiger partial charge in [0.2, 0.25) is 0 Å². The van der Waals surface area contributed by atoms with Gasteiger partial charge in [0.1, 0.15) is 9.84 Å². The minimum atomic E-state index is -2.93. The number of sulfone groups is 1. The van der Waals surface area contributed by atoms with E-state index in [2.05, 4.69) is 15.6 Å². The van der Waals surface area contributed by atoms with Crippen molar-refractivity contribution in [2.24, 2.45) is 4.99 Å². The molecule has 0 saturated heterocycles. The normalized spacial score (nSPS) is 13.9. The first-order valence-electron chi connectivity index (χ1n) is 7.68. The zero-order chi connectivity index (χ0) is 16.8. The Morgan fingerprint density at radius 3 is 2.59 bits per heavy atom. The molecule has 0 rings (SSSR count). The second-order valence-corrected chi connectivity index (χ2v) is 7.44. The molecule has 0 bridgehead atoms. The number of hydrogen-bond donors (Lipinski definition) is 2. The predicted octanol–water partition coefficient (Wildman–Crippen LogP) is 0.418. The zero-order valence-corrected chi connectivity index (χ0v) is 15.0. The summed E-state index contributed by atoms with van der Waals surface area (Å²) in [5.41, 5.74) is 0. The lowest BCUT2D eigenvalue weighted by Crippen LogP contribution is -2.43. The number of nitrogens with one attached hydrogen (secondary N) is 2. The van der Waals surface area contributed by atoms with Crippen molar-refractivity contribution in [1.82, 2.24) is 10.6 Å². The van der Waals surface area contributed by atoms with Crippen molar-refractivity contribution in [2.45, 2.75) is 32.7 Å². The molecule has 0 amide bonds. The lowest BCUT2D eigenvalue weighted by molar-refractivity contribution is 0.0702. The molecule has 2 N–H and O–H groups in total. The van der Waals surface area contributed by atoms with E-state index in [0.29, 0.717) is 38.7 Å². The van der Waals surface area contributed by atoms with Crippen molar-refractivity contribution in [1.29, 1.82) is 0 Å². The Kier molecular flexibility index (Phi) is 12.2. The second-order valence-electron chi connectivity index (χ2n) is 5.18. The molecule has 0 aliphatic heterocycles. The zero-order valence-electron chi connectivity index (χ0n) is 14.2. The fourth-order valence-electron chi connectivity index (χ4n) is 1.62. The van der Waals surface area contributed by atoms with Gasteiger partial charge >= 0.3 is 0 Å². The summed E-state index contributed by atoms with van der Waals surface area (Å²) in [7, 11) is -1.28. The highest BCUT2D eigenvalue weighted by Gasteiger charge is 2.09. The Morgan fingerprint density at radius 2 is 2.00 bits per heavy atom. The topological polar surface area (TPSA) is 89.0 Å². The Labute approximate surface area is 134 Å². The van der Waals surface area contributed by atoms with E-state index in [1.807, 2.05) is 13.8 Å². The van der Waals surface area contributed by atoms with Crippen molar-refractivity contribution in [2.75, 3.05) is 52.0 Å². The van der Waals surface area contributed by atoms with Gasteiger partial charge in [-0.25, -0.2) is 8.42 Å². The maximum Gasteiger partial charge on any atom is 0.191 e. The van der Waals surface area contributed by atoms with Crippen LogP contribution in [0.5, 0.6) is 0 Å². The predicted molar refractivity (Wildman–Crippen MR) is 90.2 cm³/mol. The van der Waals surface area contributed by atoms with Gasteiger partial charge in [-0.15, -0.1) is 0 Å². The molecule has 0 aromatic rings. The van der Waals surface area contributed by atoms with E-state index in [1.165, 1.54) is 6.26 Å². The fraction of sp³-hybridized carbons (Fsp3) is 0.929. The molecule has 0 aliphatic carbocycles. The maximum atomic E-state index is 11.2. The van der Waals surface area contributed by atoms with E-state index in [9.17, 15) is 8.42 Å². The molecule has 132 valence electrons. The summed E-state index contributed by atoms with van der Waals surface area (Å²) in [5, 5.41) is 6.37. The van der Waals surface area contributed by atoms with Crippen LogP contribution in [0.25, 0.3) is 0 Å². The van der Waals surface area contributed by atoms with Crippen LogP contribution in [0.4, 0.5) is 0 Å². The van der Waals surface area contributed by atoms with Crippen LogP contribution in [0.15, 0.2) is 4.99 Å². The smallest absolute Gasteiger partial charge is 0.191 e. The lowest BCUT2D eigenvalue weighted by atomic mass is 10.3. The van der Waals surface area contributed by atoms with E-state index in [0.717, 1.165) is 13.0 Å². The molecule has 0 aliphatic rings. The molecule has 0 aromatic carbocycles. The summed E-state index contributed by atoms with van der Waals surface area (Å²) < 4.78 is 32.6. The van der Waals surface area contributed by atoms with Gasteiger partial charge < -0.3 is 20.1 Å². The molecule has 1 unspecified atom stereocenters. The van der Waals surface area contributed by atoms with Crippen LogP contribution in [0.2, 0.25) is 0 Å². The van der Waals surface area contributed by atoms with E-state index >= 15 is 0 Å². The van der Waals surface area contributed by atoms with Gasteiger partial charge in [0.25, 0.3) is 0 Å². The molecule has 1 atom stereocenters. The van der Waals surface area contributed by atoms with Crippen molar-refractivity contribution >= 4 is 15.8 Å². The first kappa shape index (κ1) is 21.1. The first-order valence-corrected chi connectivity index (χ1v) is 9.74. The minimum absolute atomic E-state index is 0.0467. The van der Waals surface area contributed by atoms with Crippen molar-refractivity contribution in [3.8, 4) is 0 Å². The average molecular weight is 337 g/mol. The molecule has 0 fully saturated rings. The van der Waals surface area contributed by atoms with Crippen molar-refractivity contribution in [3.05, 3.63) is 0 Å². The summed E-state index contributed by atoms with van der Waals surface area (Å²) in [4.78, 5) is 4.45. The first-order chi connectivity index (χ1) is 10.4. The highest BCUT2D eigenvalue weighted by atomic mass is 32.2. The molecule has 0 radical (unpaired) electrons. The number of guanidine groups is 1. The number of ether oxygens (including phenoxy) is 2. The summed E-state index contributed by atoms with van der Waals surface area (Å²) in [6.07, 6.45) is 2.64. The highest BCUT2D eigenvalue weighted by molar-refractivity contribution is 7.90. The SMILES string of the molecule is CCNC(=NCCCOCCOC)NC(C)CCS(C)(=O)=O. The van der Waals surface area contributed by atoms with Gasteiger partial charge in [-0.3, -0.25) is 4.99 Å². The van der Waals surface area contributed by atoms with Gasteiger partial charge in [-0.2, -0.15) is 0 Å². The number of aliphatic imine (C=N–C) groups is 1. The van der Waals surface area contributed by atoms with Crippen LogP contribution in [-0.4, -0.2) is 72.4 Å². The monoisotopic (exact) mass is 337 g/mol. The molecular weight excluding hydrogens is 306 g/mol. The maximum absolute atomic E-state index is 11.2. The minimum Gasteiger partial charge on any atom is -0.382 e. The van der Waals surface area contributed by atoms with Crippen LogP contribution < -0.4 is 10.6 Å². The highest BCUT2D eigenvalue weighted by Crippen LogP contribution is 1.95. The Bertz CT molecular complexity index is 399. The standard InChI is InChI=1S/C14H31N3O4S/c1-5-15-14(16-8-6-9-21-11-10-20-3)17-13(2)7-12-22(4,18)19/h13H,5-12H2,1-4H3,(H2,15,16,17). The molecule has 7 nitrogen and oxygen atoms in total. The van der Waals surface area contributed by atoms with Crippen molar-refractivity contribution in [3.63, 3.8) is 0 Å². The van der Waals surface area contributed by atoms with Gasteiger partial charge in [0.15, 0.2) is 5.96 Å². The lowest BCUT2D eigenvalue weighted by Gasteiger charge is -2.17. The summed E-state index contributed by atoms with van der Waals surface area (Å²) in [6.45, 7) is 7.20. The molecule has 0 heterocycles. The number of hydrogen-bond acceptors (Lipinski definition) is 5. The molecule has 0 spiro atoms. The van der Waals surface area contributed by atoms with Gasteiger partial charge in [-0.05, 0) is 26.7 Å². The summed E-state index contributed by atoms with van der Waals surface area (Å²) in [6, 6.07) is 0.0467. The number of methoxy groups -OCH3 is 1. The molecule has 0 saturated carbocycles. The molecular formula is C14H31N3O4S. The van der Waals surface area contributed by atoms with Crippen LogP contribution in [0.3, 0.4) is 0 Å². The Hall–Kier alpha value is -0.860. The van der Waals surface area contributed by atoms with Gasteiger partial charge in [-0.1, -0.05) is 0 Å². The van der Waals surface area contributed by atoms with Crippen molar-refractivity contribution < 1.29 is 17.9 Å². The van der Waals surface area contributed by atoms with Crippen LogP contribution in [0, 0.1) is 0 Å². The third-order valence-electron chi connectivity index (χ3n) is 2.80. The number of nitrogens with zero attached hydrogens (tertiary/aromatic N) is 1. The molecule has 8 heteroatoms.